The average molecular weight is 288 g/mol. The van der Waals surface area contributed by atoms with Gasteiger partial charge in [-0.15, -0.1) is 0 Å². The summed E-state index contributed by atoms with van der Waals surface area (Å²) in [6, 6.07) is 6.18. The van der Waals surface area contributed by atoms with Crippen LogP contribution in [0.5, 0.6) is 5.75 Å². The molecule has 1 atom stereocenters. The van der Waals surface area contributed by atoms with E-state index in [0.29, 0.717) is 5.92 Å². The molecule has 2 N–H and O–H groups in total. The van der Waals surface area contributed by atoms with Crippen molar-refractivity contribution in [3.8, 4) is 5.75 Å². The number of nitrogens with zero attached hydrogens (tertiary/aromatic N) is 1. The number of nitrogens with two attached hydrogens (primary N) is 1. The highest BCUT2D eigenvalue weighted by molar-refractivity contribution is 6.02. The van der Waals surface area contributed by atoms with Crippen LogP contribution >= 0.6 is 0 Å². The number of rotatable bonds is 3. The van der Waals surface area contributed by atoms with Crippen molar-refractivity contribution in [3.05, 3.63) is 23.8 Å². The molecule has 1 fully saturated rings. The Morgan fingerprint density at radius 2 is 2.00 bits per heavy atom. The molecular formula is C17H24N2O2. The van der Waals surface area contributed by atoms with Crippen LogP contribution in [0.1, 0.15) is 52.1 Å². The fraction of sp³-hybridized carbons (Fsp3) is 0.588. The van der Waals surface area contributed by atoms with Gasteiger partial charge in [-0.05, 0) is 64.2 Å². The number of benzene rings is 1. The molecule has 0 spiro atoms. The highest BCUT2D eigenvalue weighted by atomic mass is 16.5. The molecule has 0 saturated heterocycles. The number of carbonyl (C=O) groups is 1. The molecule has 114 valence electrons. The first-order valence-corrected chi connectivity index (χ1v) is 7.73. The molecular weight excluding hydrogens is 264 g/mol. The van der Waals surface area contributed by atoms with E-state index < -0.39 is 5.60 Å². The molecule has 1 aromatic rings. The predicted molar refractivity (Wildman–Crippen MR) is 83.4 cm³/mol. The predicted octanol–water partition coefficient (Wildman–Crippen LogP) is 3.01. The summed E-state index contributed by atoms with van der Waals surface area (Å²) in [5.74, 6) is 1.36. The summed E-state index contributed by atoms with van der Waals surface area (Å²) in [4.78, 5) is 14.5. The van der Waals surface area contributed by atoms with E-state index in [1.807, 2.05) is 50.8 Å². The third kappa shape index (κ3) is 2.42. The third-order valence-corrected chi connectivity index (χ3v) is 4.37. The van der Waals surface area contributed by atoms with Gasteiger partial charge in [0, 0.05) is 12.1 Å². The zero-order chi connectivity index (χ0) is 15.4. The molecule has 1 unspecified atom stereocenters. The van der Waals surface area contributed by atoms with Crippen molar-refractivity contribution in [2.24, 2.45) is 11.7 Å². The van der Waals surface area contributed by atoms with Crippen molar-refractivity contribution in [1.82, 2.24) is 0 Å². The normalized spacial score (nSPS) is 22.0. The summed E-state index contributed by atoms with van der Waals surface area (Å²) in [7, 11) is 0. The Bertz CT molecular complexity index is 576. The van der Waals surface area contributed by atoms with Crippen LogP contribution in [0.4, 0.5) is 5.69 Å². The molecule has 4 nitrogen and oxygen atoms in total. The molecule has 0 radical (unpaired) electrons. The van der Waals surface area contributed by atoms with Crippen molar-refractivity contribution >= 4 is 11.6 Å². The van der Waals surface area contributed by atoms with Crippen molar-refractivity contribution < 1.29 is 9.53 Å². The largest absolute Gasteiger partial charge is 0.476 e. The Kier molecular flexibility index (Phi) is 3.24. The minimum absolute atomic E-state index is 0.00198. The van der Waals surface area contributed by atoms with E-state index in [4.69, 9.17) is 10.5 Å². The zero-order valence-corrected chi connectivity index (χ0v) is 13.2. The number of carbonyl (C=O) groups excluding carboxylic acids is 1. The SMILES string of the molecule is CC(C)N1C(=O)C(C)(C)Oc2ccc(C(N)C3CC3)cc21. The van der Waals surface area contributed by atoms with Gasteiger partial charge in [0.15, 0.2) is 5.60 Å². The van der Waals surface area contributed by atoms with E-state index in [1.165, 1.54) is 12.8 Å². The lowest BCUT2D eigenvalue weighted by Crippen LogP contribution is -2.54. The molecule has 0 aromatic heterocycles. The van der Waals surface area contributed by atoms with Crippen LogP contribution in [0, 0.1) is 5.92 Å². The second kappa shape index (κ2) is 4.73. The highest BCUT2D eigenvalue weighted by Crippen LogP contribution is 2.44. The first kappa shape index (κ1) is 14.4. The number of ether oxygens (including phenoxy) is 1. The standard InChI is InChI=1S/C17H24N2O2/c1-10(2)19-13-9-12(15(18)11-5-6-11)7-8-14(13)21-17(3,4)16(19)20/h7-11,15H,5-6,18H2,1-4H3. The van der Waals surface area contributed by atoms with Gasteiger partial charge in [0.05, 0.1) is 5.69 Å². The van der Waals surface area contributed by atoms with E-state index in [0.717, 1.165) is 17.0 Å². The first-order valence-electron chi connectivity index (χ1n) is 7.73. The first-order chi connectivity index (χ1) is 9.81. The van der Waals surface area contributed by atoms with Crippen LogP contribution in [-0.4, -0.2) is 17.6 Å². The lowest BCUT2D eigenvalue weighted by molar-refractivity contribution is -0.133. The molecule has 1 heterocycles. The second-order valence-corrected chi connectivity index (χ2v) is 6.97. The molecule has 0 bridgehead atoms. The Morgan fingerprint density at radius 1 is 1.33 bits per heavy atom. The number of amides is 1. The fourth-order valence-corrected chi connectivity index (χ4v) is 2.97. The zero-order valence-electron chi connectivity index (χ0n) is 13.2. The topological polar surface area (TPSA) is 55.6 Å². The van der Waals surface area contributed by atoms with Gasteiger partial charge >= 0.3 is 0 Å². The maximum atomic E-state index is 12.6. The number of fused-ring (bicyclic) bond motifs is 1. The lowest BCUT2D eigenvalue weighted by Gasteiger charge is -2.41. The number of anilines is 1. The van der Waals surface area contributed by atoms with Crippen LogP contribution < -0.4 is 15.4 Å². The lowest BCUT2D eigenvalue weighted by atomic mass is 9.98. The van der Waals surface area contributed by atoms with E-state index in [1.54, 1.807) is 0 Å². The molecule has 1 saturated carbocycles. The van der Waals surface area contributed by atoms with Crippen molar-refractivity contribution in [3.63, 3.8) is 0 Å². The summed E-state index contributed by atoms with van der Waals surface area (Å²) >= 11 is 0. The molecule has 3 rings (SSSR count). The third-order valence-electron chi connectivity index (χ3n) is 4.37. The van der Waals surface area contributed by atoms with Crippen LogP contribution in [-0.2, 0) is 4.79 Å². The van der Waals surface area contributed by atoms with Gasteiger partial charge in [0.25, 0.3) is 5.91 Å². The molecule has 1 aliphatic carbocycles. The van der Waals surface area contributed by atoms with E-state index in [-0.39, 0.29) is 18.0 Å². The van der Waals surface area contributed by atoms with Gasteiger partial charge in [-0.3, -0.25) is 4.79 Å². The maximum absolute atomic E-state index is 12.6. The second-order valence-electron chi connectivity index (χ2n) is 6.97. The van der Waals surface area contributed by atoms with E-state index >= 15 is 0 Å². The van der Waals surface area contributed by atoms with Gasteiger partial charge in [0.1, 0.15) is 5.75 Å². The molecule has 21 heavy (non-hydrogen) atoms. The van der Waals surface area contributed by atoms with E-state index in [9.17, 15) is 4.79 Å². The van der Waals surface area contributed by atoms with Crippen molar-refractivity contribution in [2.45, 2.75) is 58.2 Å². The summed E-state index contributed by atoms with van der Waals surface area (Å²) in [5, 5.41) is 0. The summed E-state index contributed by atoms with van der Waals surface area (Å²) in [5.41, 5.74) is 7.42. The summed E-state index contributed by atoms with van der Waals surface area (Å²) < 4.78 is 5.89. The molecule has 1 aliphatic heterocycles. The van der Waals surface area contributed by atoms with Crippen molar-refractivity contribution in [1.29, 1.82) is 0 Å². The van der Waals surface area contributed by atoms with Gasteiger partial charge in [-0.2, -0.15) is 0 Å². The van der Waals surface area contributed by atoms with Crippen LogP contribution in [0.2, 0.25) is 0 Å². The Balaban J connectivity index is 2.04. The van der Waals surface area contributed by atoms with Crippen LogP contribution in [0.3, 0.4) is 0 Å². The number of hydrogen-bond acceptors (Lipinski definition) is 3. The maximum Gasteiger partial charge on any atom is 0.270 e. The minimum atomic E-state index is -0.822. The van der Waals surface area contributed by atoms with Crippen LogP contribution in [0.25, 0.3) is 0 Å². The Hall–Kier alpha value is -1.55. The van der Waals surface area contributed by atoms with Crippen LogP contribution in [0.15, 0.2) is 18.2 Å². The smallest absolute Gasteiger partial charge is 0.270 e. The molecule has 1 aromatic carbocycles. The Labute approximate surface area is 126 Å². The van der Waals surface area contributed by atoms with Gasteiger partial charge in [-0.25, -0.2) is 0 Å². The number of hydrogen-bond donors (Lipinski definition) is 1. The molecule has 1 amide bonds. The average Bonchev–Trinajstić information content (AvgIpc) is 3.22. The van der Waals surface area contributed by atoms with Crippen molar-refractivity contribution in [2.75, 3.05) is 4.90 Å². The minimum Gasteiger partial charge on any atom is -0.476 e. The highest BCUT2D eigenvalue weighted by Gasteiger charge is 2.42. The van der Waals surface area contributed by atoms with E-state index in [2.05, 4.69) is 0 Å². The van der Waals surface area contributed by atoms with Gasteiger partial charge in [-0.1, -0.05) is 6.07 Å². The Morgan fingerprint density at radius 3 is 2.57 bits per heavy atom. The van der Waals surface area contributed by atoms with Gasteiger partial charge < -0.3 is 15.4 Å². The monoisotopic (exact) mass is 288 g/mol. The fourth-order valence-electron chi connectivity index (χ4n) is 2.97. The summed E-state index contributed by atoms with van der Waals surface area (Å²) in [6.45, 7) is 7.68. The molecule has 4 heteroatoms. The molecule has 2 aliphatic rings. The summed E-state index contributed by atoms with van der Waals surface area (Å²) in [6.07, 6.45) is 2.41. The van der Waals surface area contributed by atoms with Gasteiger partial charge in [0.2, 0.25) is 0 Å². The quantitative estimate of drug-likeness (QED) is 0.930.